The van der Waals surface area contributed by atoms with Crippen LogP contribution in [-0.4, -0.2) is 17.5 Å². The molecule has 0 bridgehead atoms. The minimum Gasteiger partial charge on any atom is -0.323 e. The van der Waals surface area contributed by atoms with E-state index >= 15 is 0 Å². The van der Waals surface area contributed by atoms with Crippen LogP contribution in [0.2, 0.25) is 0 Å². The van der Waals surface area contributed by atoms with Crippen LogP contribution in [0, 0.1) is 0 Å². The van der Waals surface area contributed by atoms with E-state index in [-0.39, 0.29) is 12.1 Å². The molecule has 1 aliphatic rings. The topological polar surface area (TPSA) is 29.3 Å². The van der Waals surface area contributed by atoms with Gasteiger partial charge in [0.25, 0.3) is 0 Å². The summed E-state index contributed by atoms with van der Waals surface area (Å²) in [5.41, 5.74) is 7.66. The molecule has 2 aromatic carbocycles. The molecule has 1 fully saturated rings. The van der Waals surface area contributed by atoms with Crippen LogP contribution >= 0.6 is 0 Å². The van der Waals surface area contributed by atoms with Gasteiger partial charge in [-0.2, -0.15) is 13.2 Å². The van der Waals surface area contributed by atoms with E-state index in [1.54, 1.807) is 6.07 Å². The molecule has 2 N–H and O–H groups in total. The maximum atomic E-state index is 13.1. The molecule has 1 saturated heterocycles. The van der Waals surface area contributed by atoms with E-state index < -0.39 is 17.8 Å². The van der Waals surface area contributed by atoms with Crippen molar-refractivity contribution in [3.05, 3.63) is 71.3 Å². The Hall–Kier alpha value is -1.85. The zero-order valence-electron chi connectivity index (χ0n) is 16.3. The molecule has 0 amide bonds. The number of benzene rings is 2. The standard InChI is InChI=1S/C23H29F3N2/c1-2-3-5-13-20(17-9-6-4-7-10-17)28-15-14-21(28)22(27)18-11-8-12-19(16-18)23(24,25)26/h4,6-12,16,20-22H,2-3,5,13-15,27H2,1H3/t20?,21-,22-/m0/s1. The first-order chi connectivity index (χ1) is 13.4. The number of alkyl halides is 3. The van der Waals surface area contributed by atoms with E-state index in [4.69, 9.17) is 5.73 Å². The fraction of sp³-hybridized carbons (Fsp3) is 0.478. The number of halogens is 3. The van der Waals surface area contributed by atoms with Gasteiger partial charge in [-0.25, -0.2) is 0 Å². The molecule has 152 valence electrons. The van der Waals surface area contributed by atoms with Gasteiger partial charge in [0.2, 0.25) is 0 Å². The van der Waals surface area contributed by atoms with Crippen molar-refractivity contribution in [3.8, 4) is 0 Å². The molecular weight excluding hydrogens is 361 g/mol. The largest absolute Gasteiger partial charge is 0.416 e. The van der Waals surface area contributed by atoms with Gasteiger partial charge in [0.15, 0.2) is 0 Å². The number of nitrogens with zero attached hydrogens (tertiary/aromatic N) is 1. The lowest BCUT2D eigenvalue weighted by Gasteiger charge is -2.49. The number of rotatable bonds is 8. The summed E-state index contributed by atoms with van der Waals surface area (Å²) in [6.07, 6.45) is 1.09. The predicted molar refractivity (Wildman–Crippen MR) is 107 cm³/mol. The van der Waals surface area contributed by atoms with Gasteiger partial charge in [-0.15, -0.1) is 0 Å². The zero-order chi connectivity index (χ0) is 20.1. The smallest absolute Gasteiger partial charge is 0.323 e. The lowest BCUT2D eigenvalue weighted by molar-refractivity contribution is -0.137. The van der Waals surface area contributed by atoms with Crippen LogP contribution in [0.1, 0.15) is 67.8 Å². The number of likely N-dealkylation sites (tertiary alicyclic amines) is 1. The summed E-state index contributed by atoms with van der Waals surface area (Å²) in [7, 11) is 0. The second-order valence-electron chi connectivity index (χ2n) is 7.67. The first kappa shape index (κ1) is 20.9. The van der Waals surface area contributed by atoms with Crippen LogP contribution in [0.5, 0.6) is 0 Å². The van der Waals surface area contributed by atoms with Crippen LogP contribution in [0.25, 0.3) is 0 Å². The van der Waals surface area contributed by atoms with Crippen LogP contribution in [0.15, 0.2) is 54.6 Å². The summed E-state index contributed by atoms with van der Waals surface area (Å²) in [6, 6.07) is 15.8. The van der Waals surface area contributed by atoms with Gasteiger partial charge in [-0.1, -0.05) is 68.7 Å². The van der Waals surface area contributed by atoms with E-state index in [1.807, 2.05) is 18.2 Å². The van der Waals surface area contributed by atoms with E-state index in [1.165, 1.54) is 24.1 Å². The van der Waals surface area contributed by atoms with Crippen LogP contribution in [0.4, 0.5) is 13.2 Å². The summed E-state index contributed by atoms with van der Waals surface area (Å²) >= 11 is 0. The molecule has 2 nitrogen and oxygen atoms in total. The van der Waals surface area contributed by atoms with E-state index in [9.17, 15) is 13.2 Å². The SMILES string of the molecule is CCCCCC(c1ccccc1)N1CC[C@H]1[C@@H](N)c1cccc(C(F)(F)F)c1. The minimum absolute atomic E-state index is 0.0651. The fourth-order valence-corrected chi connectivity index (χ4v) is 4.13. The molecule has 1 unspecified atom stereocenters. The van der Waals surface area contributed by atoms with E-state index in [0.717, 1.165) is 38.3 Å². The zero-order valence-corrected chi connectivity index (χ0v) is 16.3. The molecular formula is C23H29F3N2. The fourth-order valence-electron chi connectivity index (χ4n) is 4.13. The van der Waals surface area contributed by atoms with Crippen molar-refractivity contribution in [1.29, 1.82) is 0 Å². The molecule has 0 saturated carbocycles. The Morgan fingerprint density at radius 1 is 1.04 bits per heavy atom. The third kappa shape index (κ3) is 4.76. The Morgan fingerprint density at radius 3 is 2.36 bits per heavy atom. The number of hydrogen-bond donors (Lipinski definition) is 1. The maximum absolute atomic E-state index is 13.1. The molecule has 0 radical (unpaired) electrons. The van der Waals surface area contributed by atoms with E-state index in [2.05, 4.69) is 24.0 Å². The average Bonchev–Trinajstić information content (AvgIpc) is 2.66. The second kappa shape index (κ2) is 9.10. The summed E-state index contributed by atoms with van der Waals surface area (Å²) in [6.45, 7) is 3.12. The highest BCUT2D eigenvalue weighted by Crippen LogP contribution is 2.39. The average molecular weight is 390 g/mol. The van der Waals surface area contributed by atoms with Crippen molar-refractivity contribution in [2.45, 2.75) is 63.3 Å². The lowest BCUT2D eigenvalue weighted by atomic mass is 9.85. The van der Waals surface area contributed by atoms with Crippen molar-refractivity contribution in [2.24, 2.45) is 5.73 Å². The van der Waals surface area contributed by atoms with Gasteiger partial charge in [0.1, 0.15) is 0 Å². The van der Waals surface area contributed by atoms with E-state index in [0.29, 0.717) is 5.56 Å². The maximum Gasteiger partial charge on any atom is 0.416 e. The van der Waals surface area contributed by atoms with Crippen molar-refractivity contribution >= 4 is 0 Å². The summed E-state index contributed by atoms with van der Waals surface area (Å²) in [5, 5.41) is 0. The molecule has 28 heavy (non-hydrogen) atoms. The quantitative estimate of drug-likeness (QED) is 0.552. The van der Waals surface area contributed by atoms with Crippen LogP contribution < -0.4 is 5.73 Å². The molecule has 3 rings (SSSR count). The number of hydrogen-bond acceptors (Lipinski definition) is 2. The Kier molecular flexibility index (Phi) is 6.78. The summed E-state index contributed by atoms with van der Waals surface area (Å²) < 4.78 is 39.2. The van der Waals surface area contributed by atoms with Gasteiger partial charge in [0, 0.05) is 24.7 Å². The predicted octanol–water partition coefficient (Wildman–Crippen LogP) is 6.10. The molecule has 1 heterocycles. The first-order valence-corrected chi connectivity index (χ1v) is 10.1. The first-order valence-electron chi connectivity index (χ1n) is 10.1. The molecule has 0 spiro atoms. The highest BCUT2D eigenvalue weighted by molar-refractivity contribution is 5.30. The van der Waals surface area contributed by atoms with Crippen molar-refractivity contribution < 1.29 is 13.2 Å². The molecule has 5 heteroatoms. The van der Waals surface area contributed by atoms with Gasteiger partial charge in [0.05, 0.1) is 5.56 Å². The van der Waals surface area contributed by atoms with Crippen molar-refractivity contribution in [2.75, 3.05) is 6.54 Å². The third-order valence-corrected chi connectivity index (χ3v) is 5.79. The second-order valence-corrected chi connectivity index (χ2v) is 7.67. The van der Waals surface area contributed by atoms with Gasteiger partial charge >= 0.3 is 6.18 Å². The number of nitrogens with two attached hydrogens (primary N) is 1. The van der Waals surface area contributed by atoms with Gasteiger partial charge < -0.3 is 5.73 Å². The highest BCUT2D eigenvalue weighted by Gasteiger charge is 2.39. The summed E-state index contributed by atoms with van der Waals surface area (Å²) in [4.78, 5) is 2.38. The van der Waals surface area contributed by atoms with Gasteiger partial charge in [-0.3, -0.25) is 4.90 Å². The van der Waals surface area contributed by atoms with Crippen LogP contribution in [-0.2, 0) is 6.18 Å². The molecule has 0 aromatic heterocycles. The van der Waals surface area contributed by atoms with Crippen LogP contribution in [0.3, 0.4) is 0 Å². The third-order valence-electron chi connectivity index (χ3n) is 5.79. The highest BCUT2D eigenvalue weighted by atomic mass is 19.4. The monoisotopic (exact) mass is 390 g/mol. The summed E-state index contributed by atoms with van der Waals surface area (Å²) in [5.74, 6) is 0. The Bertz CT molecular complexity index is 745. The molecule has 3 atom stereocenters. The number of unbranched alkanes of at least 4 members (excludes halogenated alkanes) is 2. The molecule has 2 aromatic rings. The lowest BCUT2D eigenvalue weighted by Crippen LogP contribution is -2.54. The Morgan fingerprint density at radius 2 is 1.75 bits per heavy atom. The molecule has 0 aliphatic carbocycles. The van der Waals surface area contributed by atoms with Crippen molar-refractivity contribution in [3.63, 3.8) is 0 Å². The normalized spacial score (nSPS) is 19.8. The van der Waals surface area contributed by atoms with Gasteiger partial charge in [-0.05, 0) is 36.1 Å². The molecule has 1 aliphatic heterocycles. The van der Waals surface area contributed by atoms with Crippen molar-refractivity contribution in [1.82, 2.24) is 4.90 Å². The Labute approximate surface area is 165 Å². The minimum atomic E-state index is -4.35. The Balaban J connectivity index is 1.79.